The van der Waals surface area contributed by atoms with E-state index >= 15 is 0 Å². The van der Waals surface area contributed by atoms with Crippen molar-refractivity contribution in [2.24, 2.45) is 11.7 Å². The molecule has 0 radical (unpaired) electrons. The third kappa shape index (κ3) is 5.60. The van der Waals surface area contributed by atoms with Gasteiger partial charge in [0.15, 0.2) is 0 Å². The van der Waals surface area contributed by atoms with Gasteiger partial charge in [-0.25, -0.2) is 0 Å². The lowest BCUT2D eigenvalue weighted by molar-refractivity contribution is -0.144. The largest absolute Gasteiger partial charge is 0.480 e. The first kappa shape index (κ1) is 22.2. The SMILES string of the molecule is CC(NC(=O)C1CCCN1C(=O)C(CS)NC(=O)C(N)C(C)C)C(=O)O. The Morgan fingerprint density at radius 3 is 2.35 bits per heavy atom. The number of amides is 3. The predicted octanol–water partition coefficient (Wildman–Crippen LogP) is -1.04. The van der Waals surface area contributed by atoms with Crippen LogP contribution < -0.4 is 16.4 Å². The van der Waals surface area contributed by atoms with Crippen LogP contribution in [-0.2, 0) is 19.2 Å². The molecule has 148 valence electrons. The summed E-state index contributed by atoms with van der Waals surface area (Å²) in [6.45, 7) is 5.30. The van der Waals surface area contributed by atoms with E-state index in [1.807, 2.05) is 0 Å². The van der Waals surface area contributed by atoms with E-state index in [2.05, 4.69) is 23.3 Å². The Bertz CT molecular complexity index is 557. The fourth-order valence-electron chi connectivity index (χ4n) is 2.63. The maximum Gasteiger partial charge on any atom is 0.325 e. The summed E-state index contributed by atoms with van der Waals surface area (Å²) in [7, 11) is 0. The molecule has 1 fully saturated rings. The summed E-state index contributed by atoms with van der Waals surface area (Å²) in [5.74, 6) is -2.58. The molecule has 9 nitrogen and oxygen atoms in total. The molecule has 1 rings (SSSR count). The lowest BCUT2D eigenvalue weighted by Gasteiger charge is -2.29. The van der Waals surface area contributed by atoms with E-state index in [0.29, 0.717) is 19.4 Å². The zero-order chi connectivity index (χ0) is 20.0. The van der Waals surface area contributed by atoms with Gasteiger partial charge >= 0.3 is 5.97 Å². The molecule has 1 saturated heterocycles. The minimum atomic E-state index is -1.16. The van der Waals surface area contributed by atoms with Crippen molar-refractivity contribution < 1.29 is 24.3 Å². The van der Waals surface area contributed by atoms with Gasteiger partial charge in [0.2, 0.25) is 17.7 Å². The van der Waals surface area contributed by atoms with Gasteiger partial charge in [0, 0.05) is 12.3 Å². The number of carboxylic acid groups (broad SMARTS) is 1. The van der Waals surface area contributed by atoms with Gasteiger partial charge in [-0.3, -0.25) is 19.2 Å². The van der Waals surface area contributed by atoms with Crippen LogP contribution in [0.5, 0.6) is 0 Å². The quantitative estimate of drug-likeness (QED) is 0.336. The highest BCUT2D eigenvalue weighted by Gasteiger charge is 2.38. The van der Waals surface area contributed by atoms with Crippen molar-refractivity contribution in [3.8, 4) is 0 Å². The first-order valence-electron chi connectivity index (χ1n) is 8.60. The number of likely N-dealkylation sites (tertiary alicyclic amines) is 1. The first-order valence-corrected chi connectivity index (χ1v) is 9.23. The predicted molar refractivity (Wildman–Crippen MR) is 98.6 cm³/mol. The van der Waals surface area contributed by atoms with E-state index in [1.165, 1.54) is 11.8 Å². The molecule has 0 aromatic heterocycles. The molecular weight excluding hydrogens is 360 g/mol. The third-order valence-electron chi connectivity index (χ3n) is 4.39. The van der Waals surface area contributed by atoms with Crippen LogP contribution in [-0.4, -0.2) is 70.2 Å². The molecular formula is C16H28N4O5S. The van der Waals surface area contributed by atoms with E-state index in [0.717, 1.165) is 0 Å². The van der Waals surface area contributed by atoms with Crippen LogP contribution in [0.4, 0.5) is 0 Å². The summed E-state index contributed by atoms with van der Waals surface area (Å²) in [6, 6.07) is -3.47. The van der Waals surface area contributed by atoms with Gasteiger partial charge in [-0.05, 0) is 25.7 Å². The highest BCUT2D eigenvalue weighted by Crippen LogP contribution is 2.19. The fraction of sp³-hybridized carbons (Fsp3) is 0.750. The maximum absolute atomic E-state index is 12.8. The molecule has 0 aliphatic carbocycles. The van der Waals surface area contributed by atoms with Crippen LogP contribution in [0.15, 0.2) is 0 Å². The Morgan fingerprint density at radius 2 is 1.85 bits per heavy atom. The van der Waals surface area contributed by atoms with Crippen molar-refractivity contribution in [1.29, 1.82) is 0 Å². The monoisotopic (exact) mass is 388 g/mol. The van der Waals surface area contributed by atoms with Crippen LogP contribution in [0.1, 0.15) is 33.6 Å². The summed E-state index contributed by atoms with van der Waals surface area (Å²) < 4.78 is 0. The number of carbonyl (C=O) groups is 4. The van der Waals surface area contributed by atoms with E-state index in [4.69, 9.17) is 10.8 Å². The molecule has 5 N–H and O–H groups in total. The van der Waals surface area contributed by atoms with E-state index in [1.54, 1.807) is 13.8 Å². The number of hydrogen-bond acceptors (Lipinski definition) is 6. The van der Waals surface area contributed by atoms with E-state index < -0.39 is 47.9 Å². The summed E-state index contributed by atoms with van der Waals surface area (Å²) in [5, 5.41) is 13.9. The maximum atomic E-state index is 12.8. The van der Waals surface area contributed by atoms with Gasteiger partial charge in [0.1, 0.15) is 18.1 Å². The van der Waals surface area contributed by atoms with Gasteiger partial charge in [-0.15, -0.1) is 0 Å². The second-order valence-corrected chi connectivity index (χ2v) is 7.14. The standard InChI is InChI=1S/C16H28N4O5S/c1-8(2)12(17)14(22)19-10(7-26)15(23)20-6-4-5-11(20)13(21)18-9(3)16(24)25/h8-12,26H,4-7,17H2,1-3H3,(H,18,21)(H,19,22)(H,24,25). The smallest absolute Gasteiger partial charge is 0.325 e. The number of nitrogens with zero attached hydrogens (tertiary/aromatic N) is 1. The van der Waals surface area contributed by atoms with Crippen LogP contribution in [0, 0.1) is 5.92 Å². The number of hydrogen-bond donors (Lipinski definition) is 5. The van der Waals surface area contributed by atoms with Crippen LogP contribution in [0.25, 0.3) is 0 Å². The Morgan fingerprint density at radius 1 is 1.23 bits per heavy atom. The molecule has 4 unspecified atom stereocenters. The second-order valence-electron chi connectivity index (χ2n) is 6.77. The molecule has 4 atom stereocenters. The Hall–Kier alpha value is -1.81. The number of nitrogens with two attached hydrogens (primary N) is 1. The van der Waals surface area contributed by atoms with Crippen molar-refractivity contribution in [3.05, 3.63) is 0 Å². The topological polar surface area (TPSA) is 142 Å². The number of aliphatic carboxylic acids is 1. The fourth-order valence-corrected chi connectivity index (χ4v) is 2.88. The summed E-state index contributed by atoms with van der Waals surface area (Å²) in [4.78, 5) is 49.5. The first-order chi connectivity index (χ1) is 12.1. The average Bonchev–Trinajstić information content (AvgIpc) is 3.07. The molecule has 1 aliphatic heterocycles. The van der Waals surface area contributed by atoms with Gasteiger partial charge in [-0.2, -0.15) is 12.6 Å². The lowest BCUT2D eigenvalue weighted by Crippen LogP contribution is -2.57. The number of rotatable bonds is 8. The molecule has 10 heteroatoms. The van der Waals surface area contributed by atoms with Crippen LogP contribution >= 0.6 is 12.6 Å². The highest BCUT2D eigenvalue weighted by atomic mass is 32.1. The summed E-state index contributed by atoms with van der Waals surface area (Å²) >= 11 is 4.12. The summed E-state index contributed by atoms with van der Waals surface area (Å²) in [6.07, 6.45) is 1.05. The van der Waals surface area contributed by atoms with Gasteiger partial charge < -0.3 is 26.4 Å². The van der Waals surface area contributed by atoms with Crippen molar-refractivity contribution in [1.82, 2.24) is 15.5 Å². The van der Waals surface area contributed by atoms with E-state index in [-0.39, 0.29) is 11.7 Å². The van der Waals surface area contributed by atoms with Crippen molar-refractivity contribution in [2.45, 2.75) is 57.8 Å². The Labute approximate surface area is 158 Å². The zero-order valence-electron chi connectivity index (χ0n) is 15.3. The van der Waals surface area contributed by atoms with Gasteiger partial charge in [-0.1, -0.05) is 13.8 Å². The Kier molecular flexibility index (Phi) is 8.35. The Balaban J connectivity index is 2.79. The minimum Gasteiger partial charge on any atom is -0.480 e. The molecule has 0 aromatic carbocycles. The van der Waals surface area contributed by atoms with E-state index in [9.17, 15) is 19.2 Å². The number of nitrogens with one attached hydrogen (secondary N) is 2. The normalized spacial score (nSPS) is 20.4. The minimum absolute atomic E-state index is 0.0613. The molecule has 0 saturated carbocycles. The molecule has 3 amide bonds. The van der Waals surface area contributed by atoms with Crippen LogP contribution in [0.3, 0.4) is 0 Å². The molecule has 0 aromatic rings. The van der Waals surface area contributed by atoms with Crippen molar-refractivity contribution in [3.63, 3.8) is 0 Å². The molecule has 1 aliphatic rings. The number of carboxylic acids is 1. The zero-order valence-corrected chi connectivity index (χ0v) is 16.2. The van der Waals surface area contributed by atoms with Crippen molar-refractivity contribution in [2.75, 3.05) is 12.3 Å². The average molecular weight is 388 g/mol. The lowest BCUT2D eigenvalue weighted by atomic mass is 10.0. The third-order valence-corrected chi connectivity index (χ3v) is 4.75. The summed E-state index contributed by atoms with van der Waals surface area (Å²) in [5.41, 5.74) is 5.79. The highest BCUT2D eigenvalue weighted by molar-refractivity contribution is 7.80. The molecule has 1 heterocycles. The van der Waals surface area contributed by atoms with Crippen LogP contribution in [0.2, 0.25) is 0 Å². The second kappa shape index (κ2) is 9.77. The number of carbonyl (C=O) groups excluding carboxylic acids is 3. The van der Waals surface area contributed by atoms with Gasteiger partial charge in [0.25, 0.3) is 0 Å². The molecule has 0 bridgehead atoms. The van der Waals surface area contributed by atoms with Gasteiger partial charge in [0.05, 0.1) is 6.04 Å². The number of thiol groups is 1. The molecule has 0 spiro atoms. The van der Waals surface area contributed by atoms with Crippen molar-refractivity contribution >= 4 is 36.3 Å². The molecule has 26 heavy (non-hydrogen) atoms.